The SMILES string of the molecule is CN(C)S(=O)(=O)c1cccc(NC(=O)CC23C[C@@H]4C[C@@H](CC(O)(C4)C2)C3)c1. The maximum atomic E-state index is 12.7. The molecule has 1 aromatic carbocycles. The van der Waals surface area contributed by atoms with E-state index in [1.807, 2.05) is 0 Å². The van der Waals surface area contributed by atoms with Crippen molar-refractivity contribution in [3.63, 3.8) is 0 Å². The number of hydrogen-bond donors (Lipinski definition) is 2. The highest BCUT2D eigenvalue weighted by molar-refractivity contribution is 7.89. The Labute approximate surface area is 161 Å². The largest absolute Gasteiger partial charge is 0.390 e. The number of nitrogens with one attached hydrogen (secondary N) is 1. The van der Waals surface area contributed by atoms with E-state index in [2.05, 4.69) is 5.32 Å². The number of aliphatic hydroxyl groups is 1. The van der Waals surface area contributed by atoms with Gasteiger partial charge < -0.3 is 10.4 Å². The number of sulfonamides is 1. The van der Waals surface area contributed by atoms with Crippen LogP contribution in [0.5, 0.6) is 0 Å². The molecule has 4 bridgehead atoms. The molecule has 0 spiro atoms. The molecule has 0 radical (unpaired) electrons. The fourth-order valence-corrected chi connectivity index (χ4v) is 7.05. The molecule has 4 aliphatic carbocycles. The van der Waals surface area contributed by atoms with Crippen LogP contribution in [0.4, 0.5) is 5.69 Å². The van der Waals surface area contributed by atoms with Crippen molar-refractivity contribution in [3.05, 3.63) is 24.3 Å². The lowest BCUT2D eigenvalue weighted by Crippen LogP contribution is -2.56. The van der Waals surface area contributed by atoms with Crippen LogP contribution in [-0.2, 0) is 14.8 Å². The minimum Gasteiger partial charge on any atom is -0.390 e. The molecule has 27 heavy (non-hydrogen) atoms. The summed E-state index contributed by atoms with van der Waals surface area (Å²) in [6.07, 6.45) is 6.12. The van der Waals surface area contributed by atoms with Gasteiger partial charge in [-0.3, -0.25) is 4.79 Å². The van der Waals surface area contributed by atoms with Crippen molar-refractivity contribution >= 4 is 21.6 Å². The van der Waals surface area contributed by atoms with Crippen LogP contribution < -0.4 is 5.32 Å². The number of hydrogen-bond acceptors (Lipinski definition) is 4. The predicted molar refractivity (Wildman–Crippen MR) is 103 cm³/mol. The average molecular weight is 393 g/mol. The summed E-state index contributed by atoms with van der Waals surface area (Å²) < 4.78 is 25.7. The molecule has 2 unspecified atom stereocenters. The van der Waals surface area contributed by atoms with Crippen LogP contribution >= 0.6 is 0 Å². The smallest absolute Gasteiger partial charge is 0.242 e. The van der Waals surface area contributed by atoms with Gasteiger partial charge in [0.2, 0.25) is 15.9 Å². The molecule has 0 aliphatic heterocycles. The number of carbonyl (C=O) groups is 1. The predicted octanol–water partition coefficient (Wildman–Crippen LogP) is 2.60. The van der Waals surface area contributed by atoms with Crippen molar-refractivity contribution in [2.24, 2.45) is 17.3 Å². The minimum absolute atomic E-state index is 0.0973. The number of rotatable bonds is 5. The molecule has 4 saturated carbocycles. The Morgan fingerprint density at radius 1 is 1.22 bits per heavy atom. The molecule has 0 aromatic heterocycles. The third-order valence-corrected chi connectivity index (χ3v) is 8.39. The second-order valence-corrected chi connectivity index (χ2v) is 11.4. The van der Waals surface area contributed by atoms with Gasteiger partial charge >= 0.3 is 0 Å². The first-order chi connectivity index (χ1) is 12.6. The molecular formula is C20H28N2O4S. The Kier molecular flexibility index (Phi) is 4.40. The van der Waals surface area contributed by atoms with Crippen LogP contribution in [0.1, 0.15) is 44.9 Å². The van der Waals surface area contributed by atoms with Crippen LogP contribution in [0.3, 0.4) is 0 Å². The number of benzene rings is 1. The lowest BCUT2D eigenvalue weighted by Gasteiger charge is -2.60. The molecule has 2 N–H and O–H groups in total. The maximum absolute atomic E-state index is 12.7. The Hall–Kier alpha value is -1.44. The first kappa shape index (κ1) is 18.9. The summed E-state index contributed by atoms with van der Waals surface area (Å²) in [5.74, 6) is 0.982. The van der Waals surface area contributed by atoms with Crippen LogP contribution in [-0.4, -0.2) is 43.4 Å². The standard InChI is InChI=1S/C20H28N2O4S/c1-22(2)27(25,26)17-5-3-4-16(7-17)21-18(23)12-19-8-14-6-15(9-19)11-20(24,10-14)13-19/h3-5,7,14-15,24H,6,8-13H2,1-2H3,(H,21,23)/t14-,15+,19?,20?. The van der Waals surface area contributed by atoms with E-state index in [0.29, 0.717) is 23.9 Å². The van der Waals surface area contributed by atoms with Gasteiger partial charge in [-0.1, -0.05) is 6.07 Å². The molecule has 148 valence electrons. The quantitative estimate of drug-likeness (QED) is 0.806. The van der Waals surface area contributed by atoms with Crippen LogP contribution in [0.25, 0.3) is 0 Å². The zero-order valence-corrected chi connectivity index (χ0v) is 16.8. The fourth-order valence-electron chi connectivity index (χ4n) is 6.10. The monoisotopic (exact) mass is 392 g/mol. The van der Waals surface area contributed by atoms with Gasteiger partial charge in [0.05, 0.1) is 10.5 Å². The van der Waals surface area contributed by atoms with Crippen molar-refractivity contribution < 1.29 is 18.3 Å². The Morgan fingerprint density at radius 3 is 2.48 bits per heavy atom. The molecule has 7 heteroatoms. The second kappa shape index (κ2) is 6.29. The Balaban J connectivity index is 1.48. The van der Waals surface area contributed by atoms with E-state index in [1.165, 1.54) is 32.6 Å². The Bertz CT molecular complexity index is 850. The second-order valence-electron chi connectivity index (χ2n) is 9.23. The summed E-state index contributed by atoms with van der Waals surface area (Å²) in [6, 6.07) is 6.37. The minimum atomic E-state index is -3.54. The summed E-state index contributed by atoms with van der Waals surface area (Å²) >= 11 is 0. The number of carbonyl (C=O) groups excluding carboxylic acids is 1. The highest BCUT2D eigenvalue weighted by Crippen LogP contribution is 2.62. The lowest BCUT2D eigenvalue weighted by molar-refractivity contribution is -0.167. The van der Waals surface area contributed by atoms with E-state index in [9.17, 15) is 18.3 Å². The zero-order valence-electron chi connectivity index (χ0n) is 15.9. The summed E-state index contributed by atoms with van der Waals surface area (Å²) in [6.45, 7) is 0. The molecule has 4 atom stereocenters. The summed E-state index contributed by atoms with van der Waals surface area (Å²) in [5, 5.41) is 13.7. The van der Waals surface area contributed by atoms with E-state index in [-0.39, 0.29) is 16.2 Å². The van der Waals surface area contributed by atoms with Gasteiger partial charge in [0.1, 0.15) is 0 Å². The van der Waals surface area contributed by atoms with Gasteiger partial charge in [0.15, 0.2) is 0 Å². The van der Waals surface area contributed by atoms with E-state index < -0.39 is 15.6 Å². The molecule has 4 aliphatic rings. The fraction of sp³-hybridized carbons (Fsp3) is 0.650. The van der Waals surface area contributed by atoms with Gasteiger partial charge in [-0.05, 0) is 74.0 Å². The summed E-state index contributed by atoms with van der Waals surface area (Å²) in [7, 11) is -0.569. The first-order valence-electron chi connectivity index (χ1n) is 9.64. The highest BCUT2D eigenvalue weighted by Gasteiger charge is 2.57. The third kappa shape index (κ3) is 3.52. The van der Waals surface area contributed by atoms with Crippen LogP contribution in [0.2, 0.25) is 0 Å². The molecule has 1 amide bonds. The van der Waals surface area contributed by atoms with Crippen molar-refractivity contribution in [2.45, 2.75) is 55.4 Å². The molecule has 4 fully saturated rings. The molecule has 5 rings (SSSR count). The number of anilines is 1. The third-order valence-electron chi connectivity index (χ3n) is 6.58. The maximum Gasteiger partial charge on any atom is 0.242 e. The van der Waals surface area contributed by atoms with Crippen molar-refractivity contribution in [1.82, 2.24) is 4.31 Å². The highest BCUT2D eigenvalue weighted by atomic mass is 32.2. The zero-order chi connectivity index (χ0) is 19.4. The van der Waals surface area contributed by atoms with E-state index >= 15 is 0 Å². The van der Waals surface area contributed by atoms with Crippen LogP contribution in [0, 0.1) is 17.3 Å². The van der Waals surface area contributed by atoms with E-state index in [4.69, 9.17) is 0 Å². The van der Waals surface area contributed by atoms with Gasteiger partial charge in [0.25, 0.3) is 0 Å². The summed E-state index contributed by atoms with van der Waals surface area (Å²) in [4.78, 5) is 12.9. The molecule has 6 nitrogen and oxygen atoms in total. The normalized spacial score (nSPS) is 34.8. The van der Waals surface area contributed by atoms with Gasteiger partial charge in [0, 0.05) is 26.2 Å². The Morgan fingerprint density at radius 2 is 1.89 bits per heavy atom. The first-order valence-corrected chi connectivity index (χ1v) is 11.1. The van der Waals surface area contributed by atoms with Gasteiger partial charge in [-0.25, -0.2) is 12.7 Å². The summed E-state index contributed by atoms with van der Waals surface area (Å²) in [5.41, 5.74) is -0.188. The number of amides is 1. The van der Waals surface area contributed by atoms with E-state index in [1.54, 1.807) is 12.1 Å². The average Bonchev–Trinajstić information content (AvgIpc) is 2.51. The molecule has 1 aromatic rings. The topological polar surface area (TPSA) is 86.7 Å². The van der Waals surface area contributed by atoms with E-state index in [0.717, 1.165) is 36.4 Å². The van der Waals surface area contributed by atoms with Gasteiger partial charge in [-0.15, -0.1) is 0 Å². The van der Waals surface area contributed by atoms with Crippen molar-refractivity contribution in [1.29, 1.82) is 0 Å². The van der Waals surface area contributed by atoms with Crippen molar-refractivity contribution in [2.75, 3.05) is 19.4 Å². The molecular weight excluding hydrogens is 364 g/mol. The van der Waals surface area contributed by atoms with Gasteiger partial charge in [-0.2, -0.15) is 0 Å². The number of nitrogens with zero attached hydrogens (tertiary/aromatic N) is 1. The van der Waals surface area contributed by atoms with Crippen LogP contribution in [0.15, 0.2) is 29.2 Å². The lowest BCUT2D eigenvalue weighted by atomic mass is 9.47. The molecule has 0 heterocycles. The molecule has 0 saturated heterocycles. The van der Waals surface area contributed by atoms with Crippen molar-refractivity contribution in [3.8, 4) is 0 Å².